The second-order valence-corrected chi connectivity index (χ2v) is 24.8. The molecule has 0 amide bonds. The molecule has 0 unspecified atom stereocenters. The number of rotatable bonds is 66. The van der Waals surface area contributed by atoms with Gasteiger partial charge in [0.05, 0.1) is 19.8 Å². The first-order chi connectivity index (χ1) is 35.2. The van der Waals surface area contributed by atoms with E-state index in [-0.39, 0.29) is 0 Å². The lowest BCUT2D eigenvalue weighted by Gasteiger charge is -2.18. The van der Waals surface area contributed by atoms with E-state index in [0.717, 1.165) is 38.5 Å². The first-order valence-electron chi connectivity index (χ1n) is 33.7. The fourth-order valence-corrected chi connectivity index (χ4v) is 12.0. The third kappa shape index (κ3) is 62.5. The van der Waals surface area contributed by atoms with Crippen LogP contribution in [0.25, 0.3) is 0 Å². The molecule has 0 spiro atoms. The highest BCUT2D eigenvalue weighted by atomic mass is 31.2. The average molecular weight is 1020 g/mol. The molecule has 0 aliphatic heterocycles. The van der Waals surface area contributed by atoms with Crippen LogP contribution in [0.4, 0.5) is 0 Å². The Balaban J connectivity index is 4.09. The number of unbranched alkanes of at least 4 members (excludes halogenated alkanes) is 57. The maximum Gasteiger partial charge on any atom is 0.474 e. The second-order valence-electron chi connectivity index (χ2n) is 23.1. The van der Waals surface area contributed by atoms with E-state index in [0.29, 0.717) is 19.8 Å². The van der Waals surface area contributed by atoms with Gasteiger partial charge in [0.25, 0.3) is 0 Å². The molecule has 0 N–H and O–H groups in total. The van der Waals surface area contributed by atoms with Crippen molar-refractivity contribution in [2.24, 2.45) is 0 Å². The SMILES string of the molecule is CCCCCCCCCCCCCCCCCCCCCCOP(=O)(OCCCCCCCCCCCCCCCCCCCCCC)OCCCCCCCCCCCCCCCCCCCCCC. The molecule has 0 saturated heterocycles. The quantitative estimate of drug-likeness (QED) is 0.0450. The van der Waals surface area contributed by atoms with Gasteiger partial charge in [-0.25, -0.2) is 4.57 Å². The van der Waals surface area contributed by atoms with E-state index in [1.165, 1.54) is 347 Å². The summed E-state index contributed by atoms with van der Waals surface area (Å²) in [5.74, 6) is 0. The number of phosphoric acid groups is 1. The van der Waals surface area contributed by atoms with Crippen molar-refractivity contribution in [2.45, 2.75) is 406 Å². The Morgan fingerprint density at radius 2 is 0.268 bits per heavy atom. The van der Waals surface area contributed by atoms with Gasteiger partial charge in [-0.2, -0.15) is 0 Å². The summed E-state index contributed by atoms with van der Waals surface area (Å²) in [5, 5.41) is 0. The van der Waals surface area contributed by atoms with E-state index in [4.69, 9.17) is 13.6 Å². The van der Waals surface area contributed by atoms with E-state index in [9.17, 15) is 4.57 Å². The maximum atomic E-state index is 13.7. The monoisotopic (exact) mass is 1020 g/mol. The minimum Gasteiger partial charge on any atom is -0.287 e. The van der Waals surface area contributed by atoms with Crippen LogP contribution in [0, 0.1) is 0 Å². The second kappa shape index (κ2) is 64.4. The lowest BCUT2D eigenvalue weighted by atomic mass is 10.0. The number of phosphoric ester groups is 1. The van der Waals surface area contributed by atoms with Gasteiger partial charge in [-0.05, 0) is 19.3 Å². The Kier molecular flexibility index (Phi) is 64.5. The van der Waals surface area contributed by atoms with Crippen LogP contribution in [0.1, 0.15) is 406 Å². The third-order valence-corrected chi connectivity index (χ3v) is 17.2. The predicted octanol–water partition coefficient (Wildman–Crippen LogP) is 25.6. The highest BCUT2D eigenvalue weighted by Crippen LogP contribution is 2.50. The molecule has 5 heteroatoms. The van der Waals surface area contributed by atoms with Crippen LogP contribution in [-0.4, -0.2) is 19.8 Å². The summed E-state index contributed by atoms with van der Waals surface area (Å²) in [7, 11) is -3.50. The van der Waals surface area contributed by atoms with Crippen LogP contribution in [0.3, 0.4) is 0 Å². The third-order valence-electron chi connectivity index (χ3n) is 15.7. The molecule has 0 saturated carbocycles. The molecule has 0 aromatic rings. The Morgan fingerprint density at radius 1 is 0.169 bits per heavy atom. The fraction of sp³-hybridized carbons (Fsp3) is 1.00. The van der Waals surface area contributed by atoms with Gasteiger partial charge in [0.1, 0.15) is 0 Å². The molecule has 4 nitrogen and oxygen atoms in total. The van der Waals surface area contributed by atoms with Crippen molar-refractivity contribution < 1.29 is 18.1 Å². The van der Waals surface area contributed by atoms with Crippen molar-refractivity contribution in [1.29, 1.82) is 0 Å². The van der Waals surface area contributed by atoms with Gasteiger partial charge >= 0.3 is 7.82 Å². The van der Waals surface area contributed by atoms with Crippen LogP contribution < -0.4 is 0 Å². The first kappa shape index (κ1) is 71.1. The first-order valence-corrected chi connectivity index (χ1v) is 35.2. The Hall–Kier alpha value is 0.110. The smallest absolute Gasteiger partial charge is 0.287 e. The topological polar surface area (TPSA) is 44.8 Å². The Labute approximate surface area is 449 Å². The van der Waals surface area contributed by atoms with Crippen molar-refractivity contribution in [2.75, 3.05) is 19.8 Å². The molecule has 0 aromatic heterocycles. The molecular formula is C66H135O4P. The van der Waals surface area contributed by atoms with Crippen LogP contribution in [0.2, 0.25) is 0 Å². The highest BCUT2D eigenvalue weighted by molar-refractivity contribution is 7.48. The molecule has 428 valence electrons. The summed E-state index contributed by atoms with van der Waals surface area (Å²) < 4.78 is 31.6. The van der Waals surface area contributed by atoms with Gasteiger partial charge in [0.2, 0.25) is 0 Å². The summed E-state index contributed by atoms with van der Waals surface area (Å²) in [6.45, 7) is 8.36. The largest absolute Gasteiger partial charge is 0.474 e. The zero-order chi connectivity index (χ0) is 51.2. The fourth-order valence-electron chi connectivity index (χ4n) is 10.7. The van der Waals surface area contributed by atoms with Gasteiger partial charge in [-0.15, -0.1) is 0 Å². The standard InChI is InChI=1S/C66H135O4P/c1-4-7-10-13-16-19-22-25-28-31-34-37-40-43-46-49-52-55-58-61-64-68-71(67,69-65-62-59-56-53-50-47-44-41-38-35-32-29-26-23-20-17-14-11-8-5-2)70-66-63-60-57-54-51-48-45-42-39-36-33-30-27-24-21-18-15-12-9-6-3/h4-66H2,1-3H3. The summed E-state index contributed by atoms with van der Waals surface area (Å²) in [5.41, 5.74) is 0. The number of hydrogen-bond acceptors (Lipinski definition) is 4. The van der Waals surface area contributed by atoms with Gasteiger partial charge in [-0.3, -0.25) is 13.6 Å². The molecule has 0 radical (unpaired) electrons. The number of hydrogen-bond donors (Lipinski definition) is 0. The minimum absolute atomic E-state index is 0.481. The van der Waals surface area contributed by atoms with Crippen LogP contribution in [0.15, 0.2) is 0 Å². The highest BCUT2D eigenvalue weighted by Gasteiger charge is 2.26. The molecule has 0 atom stereocenters. The normalized spacial score (nSPS) is 12.0. The predicted molar refractivity (Wildman–Crippen MR) is 320 cm³/mol. The van der Waals surface area contributed by atoms with Gasteiger partial charge in [0.15, 0.2) is 0 Å². The van der Waals surface area contributed by atoms with Crippen molar-refractivity contribution >= 4 is 7.82 Å². The molecule has 0 bridgehead atoms. The molecular weight excluding hydrogens is 888 g/mol. The van der Waals surface area contributed by atoms with Crippen molar-refractivity contribution in [1.82, 2.24) is 0 Å². The van der Waals surface area contributed by atoms with E-state index in [1.54, 1.807) is 0 Å². The van der Waals surface area contributed by atoms with Gasteiger partial charge in [-0.1, -0.05) is 387 Å². The van der Waals surface area contributed by atoms with Crippen molar-refractivity contribution in [3.05, 3.63) is 0 Å². The van der Waals surface area contributed by atoms with Crippen LogP contribution in [0.5, 0.6) is 0 Å². The summed E-state index contributed by atoms with van der Waals surface area (Å²) in [6.07, 6.45) is 82.3. The van der Waals surface area contributed by atoms with Gasteiger partial charge < -0.3 is 0 Å². The summed E-state index contributed by atoms with van der Waals surface area (Å²) >= 11 is 0. The molecule has 0 fully saturated rings. The van der Waals surface area contributed by atoms with E-state index < -0.39 is 7.82 Å². The molecule has 0 aliphatic carbocycles. The Bertz CT molecular complexity index is 855. The van der Waals surface area contributed by atoms with Crippen LogP contribution in [-0.2, 0) is 18.1 Å². The van der Waals surface area contributed by atoms with Crippen molar-refractivity contribution in [3.63, 3.8) is 0 Å². The van der Waals surface area contributed by atoms with E-state index >= 15 is 0 Å². The Morgan fingerprint density at radius 3 is 0.380 bits per heavy atom. The van der Waals surface area contributed by atoms with Gasteiger partial charge in [0, 0.05) is 0 Å². The lowest BCUT2D eigenvalue weighted by Crippen LogP contribution is -2.04. The van der Waals surface area contributed by atoms with Crippen LogP contribution >= 0.6 is 7.82 Å². The van der Waals surface area contributed by atoms with E-state index in [1.807, 2.05) is 0 Å². The summed E-state index contributed by atoms with van der Waals surface area (Å²) in [6, 6.07) is 0. The maximum absolute atomic E-state index is 13.7. The van der Waals surface area contributed by atoms with E-state index in [2.05, 4.69) is 20.8 Å². The molecule has 0 aromatic carbocycles. The zero-order valence-corrected chi connectivity index (χ0v) is 50.5. The molecule has 0 rings (SSSR count). The average Bonchev–Trinajstić information content (AvgIpc) is 3.37. The summed E-state index contributed by atoms with van der Waals surface area (Å²) in [4.78, 5) is 0. The van der Waals surface area contributed by atoms with Crippen molar-refractivity contribution in [3.8, 4) is 0 Å². The minimum atomic E-state index is -3.50. The lowest BCUT2D eigenvalue weighted by molar-refractivity contribution is 0.108. The zero-order valence-electron chi connectivity index (χ0n) is 49.6. The molecule has 0 heterocycles. The molecule has 71 heavy (non-hydrogen) atoms. The molecule has 0 aliphatic rings.